The van der Waals surface area contributed by atoms with E-state index in [4.69, 9.17) is 16.3 Å². The van der Waals surface area contributed by atoms with Crippen molar-refractivity contribution in [2.75, 3.05) is 0 Å². The van der Waals surface area contributed by atoms with Gasteiger partial charge in [-0.05, 0) is 52.2 Å². The fourth-order valence-corrected chi connectivity index (χ4v) is 3.34. The molecule has 6 heteroatoms. The number of hydrogen-bond acceptors (Lipinski definition) is 4. The number of para-hydroxylation sites is 1. The van der Waals surface area contributed by atoms with Crippen molar-refractivity contribution in [1.29, 1.82) is 0 Å². The van der Waals surface area contributed by atoms with Gasteiger partial charge in [-0.25, -0.2) is 4.98 Å². The van der Waals surface area contributed by atoms with Crippen molar-refractivity contribution in [2.24, 2.45) is 0 Å². The largest absolute Gasteiger partial charge is 0.437 e. The highest BCUT2D eigenvalue weighted by Gasteiger charge is 2.13. The van der Waals surface area contributed by atoms with E-state index in [1.165, 1.54) is 4.88 Å². The Labute approximate surface area is 133 Å². The van der Waals surface area contributed by atoms with E-state index in [2.05, 4.69) is 38.9 Å². The van der Waals surface area contributed by atoms with E-state index in [-0.39, 0.29) is 5.28 Å². The van der Waals surface area contributed by atoms with Crippen molar-refractivity contribution >= 4 is 49.1 Å². The Morgan fingerprint density at radius 3 is 2.85 bits per heavy atom. The average molecular weight is 370 g/mol. The van der Waals surface area contributed by atoms with E-state index in [1.807, 2.05) is 24.3 Å². The molecule has 0 unspecified atom stereocenters. The van der Waals surface area contributed by atoms with Gasteiger partial charge < -0.3 is 4.74 Å². The van der Waals surface area contributed by atoms with Gasteiger partial charge in [-0.15, -0.1) is 11.3 Å². The van der Waals surface area contributed by atoms with Gasteiger partial charge >= 0.3 is 0 Å². The van der Waals surface area contributed by atoms with E-state index >= 15 is 0 Å². The van der Waals surface area contributed by atoms with Crippen LogP contribution in [0.4, 0.5) is 0 Å². The highest BCUT2D eigenvalue weighted by Crippen LogP contribution is 2.36. The fraction of sp³-hybridized carbons (Fsp3) is 0.143. The molecule has 0 aliphatic heterocycles. The van der Waals surface area contributed by atoms with Crippen LogP contribution in [0.15, 0.2) is 34.8 Å². The summed E-state index contributed by atoms with van der Waals surface area (Å²) in [5.74, 6) is 1.19. The molecule has 2 heterocycles. The summed E-state index contributed by atoms with van der Waals surface area (Å²) in [4.78, 5) is 10.5. The second kappa shape index (κ2) is 5.68. The predicted octanol–water partition coefficient (Wildman–Crippen LogP) is 5.46. The zero-order chi connectivity index (χ0) is 14.1. The van der Waals surface area contributed by atoms with E-state index in [0.29, 0.717) is 11.6 Å². The van der Waals surface area contributed by atoms with Crippen LogP contribution >= 0.6 is 38.9 Å². The smallest absolute Gasteiger partial charge is 0.232 e. The van der Waals surface area contributed by atoms with Gasteiger partial charge in [0.1, 0.15) is 10.6 Å². The third-order valence-electron chi connectivity index (χ3n) is 2.77. The number of nitrogens with zero attached hydrogens (tertiary/aromatic N) is 2. The summed E-state index contributed by atoms with van der Waals surface area (Å²) in [6.45, 7) is 2.11. The van der Waals surface area contributed by atoms with Gasteiger partial charge in [0, 0.05) is 4.88 Å². The van der Waals surface area contributed by atoms with Crippen LogP contribution in [0.5, 0.6) is 11.6 Å². The fourth-order valence-electron chi connectivity index (χ4n) is 1.80. The predicted molar refractivity (Wildman–Crippen MR) is 86.0 cm³/mol. The van der Waals surface area contributed by atoms with E-state index in [9.17, 15) is 0 Å². The Hall–Kier alpha value is -1.17. The van der Waals surface area contributed by atoms with Crippen LogP contribution < -0.4 is 4.74 Å². The molecule has 20 heavy (non-hydrogen) atoms. The summed E-state index contributed by atoms with van der Waals surface area (Å²) in [6, 6.07) is 9.69. The number of hydrogen-bond donors (Lipinski definition) is 0. The molecule has 0 bridgehead atoms. The minimum Gasteiger partial charge on any atom is -0.437 e. The monoisotopic (exact) mass is 368 g/mol. The minimum atomic E-state index is 0.198. The van der Waals surface area contributed by atoms with Crippen molar-refractivity contribution in [2.45, 2.75) is 13.3 Å². The molecule has 0 aliphatic rings. The lowest BCUT2D eigenvalue weighted by Gasteiger charge is -2.07. The summed E-state index contributed by atoms with van der Waals surface area (Å²) >= 11 is 11.0. The average Bonchev–Trinajstić information content (AvgIpc) is 2.84. The Morgan fingerprint density at radius 2 is 2.10 bits per heavy atom. The van der Waals surface area contributed by atoms with Crippen LogP contribution in [0.1, 0.15) is 11.8 Å². The molecule has 0 N–H and O–H groups in total. The first-order valence-electron chi connectivity index (χ1n) is 6.05. The van der Waals surface area contributed by atoms with Crippen molar-refractivity contribution in [3.63, 3.8) is 0 Å². The maximum absolute atomic E-state index is 5.98. The maximum atomic E-state index is 5.98. The molecule has 3 aromatic rings. The van der Waals surface area contributed by atoms with Gasteiger partial charge in [-0.2, -0.15) is 4.98 Å². The Morgan fingerprint density at radius 1 is 1.30 bits per heavy atom. The molecule has 0 radical (unpaired) electrons. The number of aromatic nitrogens is 2. The third-order valence-corrected chi connectivity index (χ3v) is 4.77. The number of benzene rings is 1. The summed E-state index contributed by atoms with van der Waals surface area (Å²) < 4.78 is 6.75. The molecule has 3 rings (SSSR count). The van der Waals surface area contributed by atoms with Gasteiger partial charge in [0.2, 0.25) is 11.2 Å². The summed E-state index contributed by atoms with van der Waals surface area (Å²) in [5.41, 5.74) is 0. The molecule has 0 fully saturated rings. The first kappa shape index (κ1) is 13.8. The number of rotatable bonds is 3. The van der Waals surface area contributed by atoms with Crippen LogP contribution in [0.3, 0.4) is 0 Å². The molecule has 0 amide bonds. The highest BCUT2D eigenvalue weighted by atomic mass is 79.9. The van der Waals surface area contributed by atoms with Crippen LogP contribution in [-0.4, -0.2) is 9.97 Å². The number of aryl methyl sites for hydroxylation is 1. The maximum Gasteiger partial charge on any atom is 0.232 e. The second-order valence-corrected chi connectivity index (χ2v) is 6.42. The van der Waals surface area contributed by atoms with E-state index in [0.717, 1.165) is 21.1 Å². The van der Waals surface area contributed by atoms with Crippen molar-refractivity contribution in [3.05, 3.63) is 45.0 Å². The van der Waals surface area contributed by atoms with Crippen molar-refractivity contribution in [3.8, 4) is 11.6 Å². The molecule has 0 aliphatic carbocycles. The molecule has 0 saturated carbocycles. The molecule has 0 atom stereocenters. The molecule has 0 spiro atoms. The molecule has 102 valence electrons. The molecule has 2 aromatic heterocycles. The van der Waals surface area contributed by atoms with Gasteiger partial charge in [0.05, 0.1) is 9.86 Å². The van der Waals surface area contributed by atoms with Gasteiger partial charge in [-0.1, -0.05) is 19.1 Å². The molecular formula is C14H10BrClN2OS. The number of fused-ring (bicyclic) bond motifs is 1. The minimum absolute atomic E-state index is 0.198. The Bertz CT molecular complexity index is 775. The standard InChI is InChI=1S/C14H10BrClN2OS/c1-2-8-7-9-12(17-14(16)18-13(9)20-8)19-11-6-4-3-5-10(11)15/h3-7H,2H2,1H3. The number of halogens is 2. The van der Waals surface area contributed by atoms with Gasteiger partial charge in [0.25, 0.3) is 0 Å². The normalized spacial score (nSPS) is 10.9. The number of thiophene rings is 1. The van der Waals surface area contributed by atoms with E-state index < -0.39 is 0 Å². The molecule has 1 aromatic carbocycles. The molecular weight excluding hydrogens is 360 g/mol. The topological polar surface area (TPSA) is 35.0 Å². The van der Waals surface area contributed by atoms with Gasteiger partial charge in [0.15, 0.2) is 0 Å². The van der Waals surface area contributed by atoms with Crippen molar-refractivity contribution < 1.29 is 4.74 Å². The highest BCUT2D eigenvalue weighted by molar-refractivity contribution is 9.10. The van der Waals surface area contributed by atoms with Gasteiger partial charge in [-0.3, -0.25) is 0 Å². The molecule has 0 saturated heterocycles. The second-order valence-electron chi connectivity index (χ2n) is 4.12. The Kier molecular flexibility index (Phi) is 3.92. The van der Waals surface area contributed by atoms with Crippen LogP contribution in [0, 0.1) is 0 Å². The SMILES string of the molecule is CCc1cc2c(Oc3ccccc3Br)nc(Cl)nc2s1. The zero-order valence-electron chi connectivity index (χ0n) is 10.6. The molecule has 3 nitrogen and oxygen atoms in total. The summed E-state index contributed by atoms with van der Waals surface area (Å²) in [7, 11) is 0. The van der Waals surface area contributed by atoms with E-state index in [1.54, 1.807) is 11.3 Å². The lowest BCUT2D eigenvalue weighted by atomic mass is 10.3. The summed E-state index contributed by atoms with van der Waals surface area (Å²) in [5, 5.41) is 1.09. The lowest BCUT2D eigenvalue weighted by molar-refractivity contribution is 0.465. The Balaban J connectivity index is 2.11. The lowest BCUT2D eigenvalue weighted by Crippen LogP contribution is -1.91. The summed E-state index contributed by atoms with van der Waals surface area (Å²) in [6.07, 6.45) is 0.952. The third kappa shape index (κ3) is 2.66. The number of ether oxygens (including phenoxy) is 1. The quantitative estimate of drug-likeness (QED) is 0.575. The first-order valence-corrected chi connectivity index (χ1v) is 8.04. The van der Waals surface area contributed by atoms with Crippen LogP contribution in [0.2, 0.25) is 5.28 Å². The first-order chi connectivity index (χ1) is 9.67. The van der Waals surface area contributed by atoms with Crippen LogP contribution in [-0.2, 0) is 6.42 Å². The van der Waals surface area contributed by atoms with Crippen LogP contribution in [0.25, 0.3) is 10.2 Å². The van der Waals surface area contributed by atoms with Crippen molar-refractivity contribution in [1.82, 2.24) is 9.97 Å². The zero-order valence-corrected chi connectivity index (χ0v) is 13.7.